The molecule has 144 valence electrons. The first-order chi connectivity index (χ1) is 14.0. The summed E-state index contributed by atoms with van der Waals surface area (Å²) in [5.74, 6) is 0.544. The van der Waals surface area contributed by atoms with Gasteiger partial charge in [-0.2, -0.15) is 10.5 Å². The van der Waals surface area contributed by atoms with Crippen molar-refractivity contribution in [3.63, 3.8) is 0 Å². The third-order valence-electron chi connectivity index (χ3n) is 5.31. The van der Waals surface area contributed by atoms with E-state index in [2.05, 4.69) is 16.0 Å². The Morgan fingerprint density at radius 3 is 2.24 bits per heavy atom. The molecule has 1 aliphatic heterocycles. The Morgan fingerprint density at radius 2 is 1.62 bits per heavy atom. The van der Waals surface area contributed by atoms with E-state index >= 15 is 0 Å². The monoisotopic (exact) mass is 387 g/mol. The van der Waals surface area contributed by atoms with Gasteiger partial charge >= 0.3 is 11.1 Å². The number of rotatable bonds is 2. The number of piperidine rings is 1. The number of fused-ring (bicyclic) bond motifs is 1. The number of hydrogen-bond acceptors (Lipinski definition) is 7. The van der Waals surface area contributed by atoms with Crippen molar-refractivity contribution in [1.82, 2.24) is 19.1 Å². The number of benzene rings is 1. The molecule has 1 saturated heterocycles. The lowest BCUT2D eigenvalue weighted by atomic mass is 10.0. The normalized spacial score (nSPS) is 14.5. The first-order valence-electron chi connectivity index (χ1n) is 9.16. The lowest BCUT2D eigenvalue weighted by molar-refractivity contribution is 0.391. The highest BCUT2D eigenvalue weighted by atomic mass is 16.2. The van der Waals surface area contributed by atoms with Crippen LogP contribution < -0.4 is 16.0 Å². The fourth-order valence-electron chi connectivity index (χ4n) is 3.76. The van der Waals surface area contributed by atoms with Crippen LogP contribution in [-0.4, -0.2) is 32.2 Å². The molecule has 3 heterocycles. The second kappa shape index (κ2) is 7.21. The molecule has 1 aromatic carbocycles. The van der Waals surface area contributed by atoms with Gasteiger partial charge in [0.2, 0.25) is 5.95 Å². The topological polar surface area (TPSA) is 121 Å². The summed E-state index contributed by atoms with van der Waals surface area (Å²) in [6.07, 6.45) is 4.26. The van der Waals surface area contributed by atoms with Crippen LogP contribution in [0.25, 0.3) is 11.0 Å². The van der Waals surface area contributed by atoms with E-state index in [9.17, 15) is 9.59 Å². The van der Waals surface area contributed by atoms with Crippen molar-refractivity contribution in [3.8, 4) is 12.1 Å². The fraction of sp³-hybridized carbons (Fsp3) is 0.300. The van der Waals surface area contributed by atoms with Crippen molar-refractivity contribution >= 4 is 17.0 Å². The van der Waals surface area contributed by atoms with Crippen LogP contribution in [0.5, 0.6) is 0 Å². The largest absolute Gasteiger partial charge is 0.341 e. The number of hydrogen-bond donors (Lipinski definition) is 0. The molecular weight excluding hydrogens is 370 g/mol. The Bertz CT molecular complexity index is 1280. The zero-order chi connectivity index (χ0) is 20.5. The predicted octanol–water partition coefficient (Wildman–Crippen LogP) is 1.08. The van der Waals surface area contributed by atoms with Gasteiger partial charge in [-0.3, -0.25) is 14.2 Å². The zero-order valence-corrected chi connectivity index (χ0v) is 15.7. The average molecular weight is 387 g/mol. The van der Waals surface area contributed by atoms with Gasteiger partial charge in [0, 0.05) is 26.2 Å². The summed E-state index contributed by atoms with van der Waals surface area (Å²) in [6, 6.07) is 8.94. The molecule has 2 aromatic heterocycles. The van der Waals surface area contributed by atoms with Gasteiger partial charge in [-0.05, 0) is 31.0 Å². The number of anilines is 1. The Hall–Kier alpha value is -3.98. The van der Waals surface area contributed by atoms with Crippen LogP contribution in [0.4, 0.5) is 5.95 Å². The summed E-state index contributed by atoms with van der Waals surface area (Å²) in [5, 5.41) is 18.0. The lowest BCUT2D eigenvalue weighted by Crippen LogP contribution is -2.45. The summed E-state index contributed by atoms with van der Waals surface area (Å²) in [6.45, 7) is 1.24. The quantitative estimate of drug-likeness (QED) is 0.603. The van der Waals surface area contributed by atoms with Gasteiger partial charge in [0.15, 0.2) is 0 Å². The maximum Gasteiger partial charge on any atom is 0.317 e. The molecule has 9 heteroatoms. The van der Waals surface area contributed by atoms with Crippen molar-refractivity contribution in [2.45, 2.75) is 18.9 Å². The molecule has 0 atom stereocenters. The average Bonchev–Trinajstić information content (AvgIpc) is 2.78. The molecule has 0 N–H and O–H groups in total. The molecule has 9 nitrogen and oxygen atoms in total. The standard InChI is InChI=1S/C20H17N7O2/c1-25-17-8-13(9-21)2-3-16(17)27(19(29)18(25)28)15-4-6-26(7-5-15)20-23-11-14(10-22)12-24-20/h2-3,8,11-12,15H,4-7H2,1H3. The number of nitriles is 2. The molecule has 0 spiro atoms. The molecule has 0 bridgehead atoms. The van der Waals surface area contributed by atoms with Crippen LogP contribution >= 0.6 is 0 Å². The van der Waals surface area contributed by atoms with Crippen molar-refractivity contribution in [2.75, 3.05) is 18.0 Å². The third kappa shape index (κ3) is 3.13. The second-order valence-corrected chi connectivity index (χ2v) is 6.96. The van der Waals surface area contributed by atoms with Gasteiger partial charge in [-0.1, -0.05) is 0 Å². The summed E-state index contributed by atoms with van der Waals surface area (Å²) in [5.41, 5.74) is 0.878. The van der Waals surface area contributed by atoms with Crippen LogP contribution in [0.15, 0.2) is 40.2 Å². The molecule has 1 fully saturated rings. The van der Waals surface area contributed by atoms with Crippen LogP contribution in [0, 0.1) is 22.7 Å². The number of nitrogens with zero attached hydrogens (tertiary/aromatic N) is 7. The lowest BCUT2D eigenvalue weighted by Gasteiger charge is -2.33. The van der Waals surface area contributed by atoms with Gasteiger partial charge in [0.25, 0.3) is 0 Å². The molecule has 0 aliphatic carbocycles. The minimum absolute atomic E-state index is 0.138. The van der Waals surface area contributed by atoms with E-state index in [0.29, 0.717) is 54.0 Å². The Labute approximate surface area is 165 Å². The molecule has 4 rings (SSSR count). The molecule has 0 radical (unpaired) electrons. The minimum atomic E-state index is -0.606. The molecule has 29 heavy (non-hydrogen) atoms. The first-order valence-corrected chi connectivity index (χ1v) is 9.16. The number of aromatic nitrogens is 4. The molecule has 1 aliphatic rings. The van der Waals surface area contributed by atoms with Crippen molar-refractivity contribution in [2.24, 2.45) is 7.05 Å². The highest BCUT2D eigenvalue weighted by Crippen LogP contribution is 2.26. The molecule has 0 amide bonds. The summed E-state index contributed by atoms with van der Waals surface area (Å²) in [4.78, 5) is 35.7. The van der Waals surface area contributed by atoms with Gasteiger partial charge in [0.1, 0.15) is 6.07 Å². The first kappa shape index (κ1) is 18.4. The Morgan fingerprint density at radius 1 is 0.966 bits per heavy atom. The summed E-state index contributed by atoms with van der Waals surface area (Å²) < 4.78 is 2.87. The van der Waals surface area contributed by atoms with E-state index in [0.717, 1.165) is 0 Å². The highest BCUT2D eigenvalue weighted by molar-refractivity contribution is 5.77. The Kier molecular flexibility index (Phi) is 4.57. The van der Waals surface area contributed by atoms with Crippen LogP contribution in [0.3, 0.4) is 0 Å². The second-order valence-electron chi connectivity index (χ2n) is 6.96. The van der Waals surface area contributed by atoms with E-state index in [-0.39, 0.29) is 6.04 Å². The van der Waals surface area contributed by atoms with Gasteiger partial charge in [-0.15, -0.1) is 0 Å². The molecule has 3 aromatic rings. The molecule has 0 unspecified atom stereocenters. The van der Waals surface area contributed by atoms with E-state index < -0.39 is 11.1 Å². The SMILES string of the molecule is Cn1c(=O)c(=O)n(C2CCN(c3ncc(C#N)cn3)CC2)c2ccc(C#N)cc21. The van der Waals surface area contributed by atoms with E-state index in [1.165, 1.54) is 17.0 Å². The zero-order valence-electron chi connectivity index (χ0n) is 15.7. The number of aryl methyl sites for hydroxylation is 1. The Balaban J connectivity index is 1.68. The predicted molar refractivity (Wildman–Crippen MR) is 105 cm³/mol. The molecule has 0 saturated carbocycles. The summed E-state index contributed by atoms with van der Waals surface area (Å²) in [7, 11) is 1.54. The van der Waals surface area contributed by atoms with Crippen LogP contribution in [-0.2, 0) is 7.05 Å². The smallest absolute Gasteiger partial charge is 0.317 e. The van der Waals surface area contributed by atoms with E-state index in [1.54, 1.807) is 29.8 Å². The third-order valence-corrected chi connectivity index (χ3v) is 5.31. The highest BCUT2D eigenvalue weighted by Gasteiger charge is 2.25. The van der Waals surface area contributed by atoms with Crippen molar-refractivity contribution in [3.05, 3.63) is 62.4 Å². The van der Waals surface area contributed by atoms with Crippen LogP contribution in [0.1, 0.15) is 30.0 Å². The van der Waals surface area contributed by atoms with Gasteiger partial charge in [0.05, 0.1) is 40.6 Å². The van der Waals surface area contributed by atoms with E-state index in [1.807, 2.05) is 11.0 Å². The molecular formula is C20H17N7O2. The fourth-order valence-corrected chi connectivity index (χ4v) is 3.76. The van der Waals surface area contributed by atoms with E-state index in [4.69, 9.17) is 10.5 Å². The van der Waals surface area contributed by atoms with Crippen molar-refractivity contribution in [1.29, 1.82) is 10.5 Å². The maximum atomic E-state index is 12.8. The minimum Gasteiger partial charge on any atom is -0.341 e. The van der Waals surface area contributed by atoms with Gasteiger partial charge < -0.3 is 9.47 Å². The van der Waals surface area contributed by atoms with Crippen LogP contribution in [0.2, 0.25) is 0 Å². The van der Waals surface area contributed by atoms with Gasteiger partial charge in [-0.25, -0.2) is 9.97 Å². The summed E-state index contributed by atoms with van der Waals surface area (Å²) >= 11 is 0. The van der Waals surface area contributed by atoms with Crippen molar-refractivity contribution < 1.29 is 0 Å². The maximum absolute atomic E-state index is 12.8.